The minimum atomic E-state index is 0. The van der Waals surface area contributed by atoms with Gasteiger partial charge in [0.2, 0.25) is 0 Å². The third-order valence-electron chi connectivity index (χ3n) is 1.73. The highest BCUT2D eigenvalue weighted by Gasteiger charge is 2.13. The Morgan fingerprint density at radius 3 is 1.12 bits per heavy atom. The number of hydrogen-bond donors (Lipinski definition) is 0. The molecule has 0 spiro atoms. The maximum Gasteiger partial charge on any atom is -0.0360 e. The van der Waals surface area contributed by atoms with E-state index in [0.717, 1.165) is 5.92 Å². The Labute approximate surface area is 59.1 Å². The summed E-state index contributed by atoms with van der Waals surface area (Å²) in [6, 6.07) is 0. The number of hydrogen-bond acceptors (Lipinski definition) is 0. The minimum absolute atomic E-state index is 0. The van der Waals surface area contributed by atoms with E-state index in [1.54, 1.807) is 0 Å². The molecule has 0 fully saturated rings. The summed E-state index contributed by atoms with van der Waals surface area (Å²) in [4.78, 5) is 0. The van der Waals surface area contributed by atoms with E-state index in [1.807, 2.05) is 0 Å². The molecule has 0 N–H and O–H groups in total. The van der Waals surface area contributed by atoms with Crippen molar-refractivity contribution in [3.05, 3.63) is 0 Å². The van der Waals surface area contributed by atoms with Gasteiger partial charge < -0.3 is 0 Å². The van der Waals surface area contributed by atoms with E-state index in [-0.39, 0.29) is 12.4 Å². The van der Waals surface area contributed by atoms with Crippen LogP contribution in [0.15, 0.2) is 0 Å². The van der Waals surface area contributed by atoms with Gasteiger partial charge in [0.05, 0.1) is 0 Å². The van der Waals surface area contributed by atoms with Crippen molar-refractivity contribution in [2.75, 3.05) is 0 Å². The molecule has 0 aliphatic heterocycles. The Bertz CT molecular complexity index is 49.9. The summed E-state index contributed by atoms with van der Waals surface area (Å²) in [6.45, 7) is 11.3. The lowest BCUT2D eigenvalue weighted by molar-refractivity contribution is 0.283. The number of rotatable bonds is 0. The maximum absolute atomic E-state index is 2.26. The van der Waals surface area contributed by atoms with Crippen LogP contribution in [0.4, 0.5) is 0 Å². The molecular formula is C7H17Cl. The molecule has 52 valence electrons. The summed E-state index contributed by atoms with van der Waals surface area (Å²) in [5.41, 5.74) is 0.500. The maximum atomic E-state index is 2.26. The van der Waals surface area contributed by atoms with Crippen molar-refractivity contribution < 1.29 is 0 Å². The Hall–Kier alpha value is 0.290. The highest BCUT2D eigenvalue weighted by atomic mass is 35.5. The van der Waals surface area contributed by atoms with Crippen molar-refractivity contribution in [1.82, 2.24) is 0 Å². The van der Waals surface area contributed by atoms with E-state index < -0.39 is 0 Å². The van der Waals surface area contributed by atoms with Crippen molar-refractivity contribution in [2.45, 2.75) is 34.6 Å². The molecule has 0 aromatic carbocycles. The predicted octanol–water partition coefficient (Wildman–Crippen LogP) is 3.11. The molecule has 0 aromatic rings. The fourth-order valence-corrected chi connectivity index (χ4v) is 0. The quantitative estimate of drug-likeness (QED) is 0.480. The van der Waals surface area contributed by atoms with Crippen LogP contribution in [0.3, 0.4) is 0 Å². The molecule has 0 bridgehead atoms. The Balaban J connectivity index is 0. The van der Waals surface area contributed by atoms with E-state index in [0.29, 0.717) is 5.41 Å². The zero-order valence-corrected chi connectivity index (χ0v) is 7.30. The Morgan fingerprint density at radius 1 is 1.00 bits per heavy atom. The van der Waals surface area contributed by atoms with Crippen LogP contribution in [-0.4, -0.2) is 0 Å². The SMILES string of the molecule is CC(C)C(C)(C)C.Cl. The lowest BCUT2D eigenvalue weighted by atomic mass is 9.84. The van der Waals surface area contributed by atoms with Crippen LogP contribution < -0.4 is 0 Å². The first-order valence-electron chi connectivity index (χ1n) is 2.94. The molecule has 0 radical (unpaired) electrons. The lowest BCUT2D eigenvalue weighted by Crippen LogP contribution is -2.12. The van der Waals surface area contributed by atoms with E-state index >= 15 is 0 Å². The smallest absolute Gasteiger partial charge is 0.0360 e. The molecular weight excluding hydrogens is 120 g/mol. The standard InChI is InChI=1S/C7H16.ClH/c1-6(2)7(3,4)5;/h6H,1-5H3;1H. The van der Waals surface area contributed by atoms with Gasteiger partial charge in [-0.25, -0.2) is 0 Å². The normalized spacial score (nSPS) is 11.2. The molecule has 0 aliphatic carbocycles. The average Bonchev–Trinajstić information content (AvgIpc) is 1.31. The van der Waals surface area contributed by atoms with Gasteiger partial charge in [0.25, 0.3) is 0 Å². The van der Waals surface area contributed by atoms with Crippen LogP contribution in [-0.2, 0) is 0 Å². The largest absolute Gasteiger partial charge is 0.147 e. The van der Waals surface area contributed by atoms with Gasteiger partial charge in [0.15, 0.2) is 0 Å². The summed E-state index contributed by atoms with van der Waals surface area (Å²) >= 11 is 0. The Kier molecular flexibility index (Phi) is 4.65. The fraction of sp³-hybridized carbons (Fsp3) is 1.00. The van der Waals surface area contributed by atoms with Crippen molar-refractivity contribution in [3.8, 4) is 0 Å². The topological polar surface area (TPSA) is 0 Å². The van der Waals surface area contributed by atoms with Crippen LogP contribution in [0.2, 0.25) is 0 Å². The van der Waals surface area contributed by atoms with Gasteiger partial charge in [-0.2, -0.15) is 0 Å². The second kappa shape index (κ2) is 3.34. The van der Waals surface area contributed by atoms with Crippen molar-refractivity contribution in [1.29, 1.82) is 0 Å². The third kappa shape index (κ3) is 4.45. The highest BCUT2D eigenvalue weighted by molar-refractivity contribution is 5.85. The molecule has 0 aliphatic rings. The van der Waals surface area contributed by atoms with Gasteiger partial charge in [-0.3, -0.25) is 0 Å². The molecule has 0 aromatic heterocycles. The predicted molar refractivity (Wildman–Crippen MR) is 41.5 cm³/mol. The van der Waals surface area contributed by atoms with Gasteiger partial charge >= 0.3 is 0 Å². The first-order valence-corrected chi connectivity index (χ1v) is 2.94. The van der Waals surface area contributed by atoms with E-state index in [1.165, 1.54) is 0 Å². The lowest BCUT2D eigenvalue weighted by Gasteiger charge is -2.22. The summed E-state index contributed by atoms with van der Waals surface area (Å²) in [7, 11) is 0. The second-order valence-corrected chi connectivity index (χ2v) is 3.52. The molecule has 0 amide bonds. The molecule has 0 unspecified atom stereocenters. The average molecular weight is 137 g/mol. The van der Waals surface area contributed by atoms with Crippen LogP contribution in [0.25, 0.3) is 0 Å². The van der Waals surface area contributed by atoms with E-state index in [9.17, 15) is 0 Å². The number of halogens is 1. The molecule has 0 nitrogen and oxygen atoms in total. The minimum Gasteiger partial charge on any atom is -0.147 e. The van der Waals surface area contributed by atoms with Gasteiger partial charge in [-0.15, -0.1) is 12.4 Å². The first-order chi connectivity index (χ1) is 2.94. The highest BCUT2D eigenvalue weighted by Crippen LogP contribution is 2.23. The monoisotopic (exact) mass is 136 g/mol. The molecule has 0 atom stereocenters. The van der Waals surface area contributed by atoms with Gasteiger partial charge in [-0.05, 0) is 11.3 Å². The van der Waals surface area contributed by atoms with Crippen molar-refractivity contribution in [2.24, 2.45) is 11.3 Å². The van der Waals surface area contributed by atoms with Gasteiger partial charge in [-0.1, -0.05) is 34.6 Å². The second-order valence-electron chi connectivity index (χ2n) is 3.52. The van der Waals surface area contributed by atoms with Crippen LogP contribution in [0, 0.1) is 11.3 Å². The third-order valence-corrected chi connectivity index (χ3v) is 1.73. The summed E-state index contributed by atoms with van der Waals surface area (Å²) < 4.78 is 0. The van der Waals surface area contributed by atoms with Crippen LogP contribution in [0.1, 0.15) is 34.6 Å². The van der Waals surface area contributed by atoms with Crippen LogP contribution >= 0.6 is 12.4 Å². The summed E-state index contributed by atoms with van der Waals surface area (Å²) in [5, 5.41) is 0. The molecule has 8 heavy (non-hydrogen) atoms. The first kappa shape index (κ1) is 11.1. The summed E-state index contributed by atoms with van der Waals surface area (Å²) in [5.74, 6) is 0.799. The van der Waals surface area contributed by atoms with Crippen LogP contribution in [0.5, 0.6) is 0 Å². The van der Waals surface area contributed by atoms with Gasteiger partial charge in [0, 0.05) is 0 Å². The molecule has 0 rings (SSSR count). The van der Waals surface area contributed by atoms with Crippen molar-refractivity contribution >= 4 is 12.4 Å². The molecule has 0 saturated heterocycles. The molecule has 0 heterocycles. The van der Waals surface area contributed by atoms with Crippen molar-refractivity contribution in [3.63, 3.8) is 0 Å². The Morgan fingerprint density at radius 2 is 1.12 bits per heavy atom. The summed E-state index contributed by atoms with van der Waals surface area (Å²) in [6.07, 6.45) is 0. The van der Waals surface area contributed by atoms with E-state index in [4.69, 9.17) is 0 Å². The van der Waals surface area contributed by atoms with Gasteiger partial charge in [0.1, 0.15) is 0 Å². The molecule has 1 heteroatoms. The fourth-order valence-electron chi connectivity index (χ4n) is 0. The zero-order chi connectivity index (χ0) is 6.08. The molecule has 0 saturated carbocycles. The van der Waals surface area contributed by atoms with E-state index in [2.05, 4.69) is 34.6 Å². The zero-order valence-electron chi connectivity index (χ0n) is 6.49.